The zero-order valence-electron chi connectivity index (χ0n) is 17.9. The molecule has 0 saturated carbocycles. The first-order valence-corrected chi connectivity index (χ1v) is 11.0. The molecule has 0 spiro atoms. The van der Waals surface area contributed by atoms with E-state index in [2.05, 4.69) is 27.3 Å². The summed E-state index contributed by atoms with van der Waals surface area (Å²) >= 11 is 0. The van der Waals surface area contributed by atoms with Crippen molar-refractivity contribution >= 4 is 5.91 Å². The average Bonchev–Trinajstić information content (AvgIpc) is 3.23. The summed E-state index contributed by atoms with van der Waals surface area (Å²) < 4.78 is 13.2. The van der Waals surface area contributed by atoms with Crippen LogP contribution in [0.2, 0.25) is 0 Å². The third-order valence-corrected chi connectivity index (χ3v) is 5.87. The normalized spacial score (nSPS) is 18.9. The van der Waals surface area contributed by atoms with Crippen LogP contribution in [0, 0.1) is 5.92 Å². The Bertz CT molecular complexity index is 864. The molecule has 0 N–H and O–H groups in total. The Morgan fingerprint density at radius 1 is 1.20 bits per heavy atom. The molecular weight excluding hydrogens is 382 g/mol. The number of benzene rings is 1. The second kappa shape index (κ2) is 9.47. The van der Waals surface area contributed by atoms with Crippen molar-refractivity contribution in [2.24, 2.45) is 5.92 Å². The van der Waals surface area contributed by atoms with E-state index < -0.39 is 0 Å². The van der Waals surface area contributed by atoms with Crippen LogP contribution in [0.15, 0.2) is 24.4 Å². The van der Waals surface area contributed by atoms with Crippen molar-refractivity contribution in [1.82, 2.24) is 24.8 Å². The molecule has 1 saturated heterocycles. The molecule has 1 unspecified atom stereocenters. The van der Waals surface area contributed by atoms with Gasteiger partial charge in [0.15, 0.2) is 17.2 Å². The van der Waals surface area contributed by atoms with Crippen LogP contribution in [0.4, 0.5) is 0 Å². The molecule has 0 aliphatic carbocycles. The molecule has 1 aromatic carbocycles. The van der Waals surface area contributed by atoms with E-state index in [1.54, 1.807) is 11.1 Å². The largest absolute Gasteiger partial charge is 0.486 e. The predicted octanol–water partition coefficient (Wildman–Crippen LogP) is 2.44. The summed E-state index contributed by atoms with van der Waals surface area (Å²) in [4.78, 5) is 16.7. The third-order valence-electron chi connectivity index (χ3n) is 5.87. The molecule has 0 radical (unpaired) electrons. The zero-order chi connectivity index (χ0) is 20.9. The van der Waals surface area contributed by atoms with E-state index in [0.29, 0.717) is 37.9 Å². The van der Waals surface area contributed by atoms with Crippen molar-refractivity contribution < 1.29 is 14.3 Å². The Balaban J connectivity index is 1.34. The van der Waals surface area contributed by atoms with Gasteiger partial charge in [-0.25, -0.2) is 0 Å². The first-order chi connectivity index (χ1) is 14.7. The number of carbonyl (C=O) groups is 1. The van der Waals surface area contributed by atoms with Crippen LogP contribution >= 0.6 is 0 Å². The summed E-state index contributed by atoms with van der Waals surface area (Å²) in [5, 5.41) is 8.32. The minimum absolute atomic E-state index is 0.0462. The fourth-order valence-corrected chi connectivity index (χ4v) is 4.31. The van der Waals surface area contributed by atoms with Gasteiger partial charge in [-0.2, -0.15) is 0 Å². The number of likely N-dealkylation sites (tertiary alicyclic amines) is 1. The van der Waals surface area contributed by atoms with Gasteiger partial charge in [-0.1, -0.05) is 11.3 Å². The van der Waals surface area contributed by atoms with Gasteiger partial charge in [-0.3, -0.25) is 14.4 Å². The minimum Gasteiger partial charge on any atom is -0.486 e. The average molecular weight is 414 g/mol. The molecule has 8 nitrogen and oxygen atoms in total. The van der Waals surface area contributed by atoms with E-state index in [-0.39, 0.29) is 5.91 Å². The molecule has 162 valence electrons. The van der Waals surface area contributed by atoms with Crippen molar-refractivity contribution in [1.29, 1.82) is 0 Å². The fraction of sp³-hybridized carbons (Fsp3) is 0.591. The molecule has 4 rings (SSSR count). The summed E-state index contributed by atoms with van der Waals surface area (Å²) in [6.45, 7) is 10.3. The molecule has 3 heterocycles. The Hall–Kier alpha value is -2.61. The fourth-order valence-electron chi connectivity index (χ4n) is 4.31. The Kier molecular flexibility index (Phi) is 6.52. The number of rotatable bonds is 7. The number of piperidine rings is 1. The maximum Gasteiger partial charge on any atom is 0.276 e. The second-order valence-electron chi connectivity index (χ2n) is 8.02. The second-order valence-corrected chi connectivity index (χ2v) is 8.02. The quantitative estimate of drug-likeness (QED) is 0.694. The number of hydrogen-bond donors (Lipinski definition) is 0. The minimum atomic E-state index is -0.0462. The van der Waals surface area contributed by atoms with Gasteiger partial charge in [0.1, 0.15) is 13.2 Å². The molecule has 1 fully saturated rings. The highest BCUT2D eigenvalue weighted by Gasteiger charge is 2.23. The van der Waals surface area contributed by atoms with Crippen LogP contribution in [0.1, 0.15) is 42.7 Å². The Morgan fingerprint density at radius 2 is 2.00 bits per heavy atom. The molecule has 2 aliphatic heterocycles. The number of carbonyl (C=O) groups excluding carboxylic acids is 1. The molecule has 0 bridgehead atoms. The molecule has 1 amide bonds. The number of nitrogens with zero attached hydrogens (tertiary/aromatic N) is 5. The van der Waals surface area contributed by atoms with E-state index in [4.69, 9.17) is 9.47 Å². The maximum absolute atomic E-state index is 12.5. The number of hydrogen-bond acceptors (Lipinski definition) is 6. The van der Waals surface area contributed by atoms with Gasteiger partial charge in [0.25, 0.3) is 5.91 Å². The van der Waals surface area contributed by atoms with Crippen molar-refractivity contribution in [3.63, 3.8) is 0 Å². The van der Waals surface area contributed by atoms with E-state index in [0.717, 1.165) is 50.5 Å². The summed E-state index contributed by atoms with van der Waals surface area (Å²) in [6, 6.07) is 6.23. The maximum atomic E-state index is 12.5. The number of fused-ring (bicyclic) bond motifs is 1. The summed E-state index contributed by atoms with van der Waals surface area (Å²) in [7, 11) is 0. The van der Waals surface area contributed by atoms with Gasteiger partial charge in [-0.15, -0.1) is 5.10 Å². The number of ether oxygens (including phenoxy) is 2. The Labute approximate surface area is 177 Å². The predicted molar refractivity (Wildman–Crippen MR) is 113 cm³/mol. The van der Waals surface area contributed by atoms with Crippen molar-refractivity contribution in [3.8, 4) is 11.5 Å². The van der Waals surface area contributed by atoms with Crippen LogP contribution < -0.4 is 9.47 Å². The lowest BCUT2D eigenvalue weighted by atomic mass is 9.97. The van der Waals surface area contributed by atoms with Crippen LogP contribution in [0.5, 0.6) is 11.5 Å². The molecule has 8 heteroatoms. The van der Waals surface area contributed by atoms with Gasteiger partial charge < -0.3 is 14.4 Å². The molecule has 2 aliphatic rings. The molecule has 2 aromatic rings. The summed E-state index contributed by atoms with van der Waals surface area (Å²) in [5.41, 5.74) is 1.68. The standard InChI is InChI=1S/C22H31N5O3/c1-3-26(4-2)22(28)19-16-27(24-23-19)15-18-6-5-9-25(14-18)13-17-7-8-20-21(12-17)30-11-10-29-20/h7-8,12,16,18H,3-6,9-11,13-15H2,1-2H3. The van der Waals surface area contributed by atoms with E-state index in [9.17, 15) is 4.79 Å². The monoisotopic (exact) mass is 413 g/mol. The smallest absolute Gasteiger partial charge is 0.276 e. The first-order valence-electron chi connectivity index (χ1n) is 11.0. The molecule has 1 atom stereocenters. The van der Waals surface area contributed by atoms with Gasteiger partial charge in [0.2, 0.25) is 0 Å². The van der Waals surface area contributed by atoms with Gasteiger partial charge >= 0.3 is 0 Å². The van der Waals surface area contributed by atoms with Crippen LogP contribution in [0.3, 0.4) is 0 Å². The van der Waals surface area contributed by atoms with Gasteiger partial charge in [-0.05, 0) is 56.8 Å². The third kappa shape index (κ3) is 4.75. The lowest BCUT2D eigenvalue weighted by Crippen LogP contribution is -2.36. The Morgan fingerprint density at radius 3 is 2.80 bits per heavy atom. The van der Waals surface area contributed by atoms with Gasteiger partial charge in [0.05, 0.1) is 6.20 Å². The SMILES string of the molecule is CCN(CC)C(=O)c1cn(CC2CCCN(Cc3ccc4c(c3)OCCO4)C2)nn1. The lowest BCUT2D eigenvalue weighted by molar-refractivity contribution is 0.0767. The highest BCUT2D eigenvalue weighted by molar-refractivity contribution is 5.91. The topological polar surface area (TPSA) is 72.7 Å². The van der Waals surface area contributed by atoms with E-state index in [1.165, 1.54) is 5.56 Å². The number of aromatic nitrogens is 3. The molecule has 30 heavy (non-hydrogen) atoms. The van der Waals surface area contributed by atoms with Crippen LogP contribution in [-0.4, -0.2) is 70.1 Å². The van der Waals surface area contributed by atoms with E-state index >= 15 is 0 Å². The van der Waals surface area contributed by atoms with Crippen molar-refractivity contribution in [3.05, 3.63) is 35.7 Å². The zero-order valence-corrected chi connectivity index (χ0v) is 17.9. The first kappa shape index (κ1) is 20.7. The van der Waals surface area contributed by atoms with E-state index in [1.807, 2.05) is 24.6 Å². The number of amides is 1. The highest BCUT2D eigenvalue weighted by atomic mass is 16.6. The van der Waals surface area contributed by atoms with Crippen molar-refractivity contribution in [2.45, 2.75) is 39.8 Å². The summed E-state index contributed by atoms with van der Waals surface area (Å²) in [5.74, 6) is 2.13. The van der Waals surface area contributed by atoms with Gasteiger partial charge in [0, 0.05) is 32.7 Å². The van der Waals surface area contributed by atoms with Crippen molar-refractivity contribution in [2.75, 3.05) is 39.4 Å². The molecular formula is C22H31N5O3. The lowest BCUT2D eigenvalue weighted by Gasteiger charge is -2.32. The van der Waals surface area contributed by atoms with Crippen LogP contribution in [-0.2, 0) is 13.1 Å². The highest BCUT2D eigenvalue weighted by Crippen LogP contribution is 2.31. The molecule has 1 aromatic heterocycles. The summed E-state index contributed by atoms with van der Waals surface area (Å²) in [6.07, 6.45) is 4.12. The van der Waals surface area contributed by atoms with Crippen LogP contribution in [0.25, 0.3) is 0 Å².